The van der Waals surface area contributed by atoms with Gasteiger partial charge in [0.1, 0.15) is 0 Å². The molecule has 6 heteroatoms. The molecule has 1 aliphatic carbocycles. The van der Waals surface area contributed by atoms with E-state index in [9.17, 15) is 9.59 Å². The van der Waals surface area contributed by atoms with Gasteiger partial charge < -0.3 is 16.4 Å². The Kier molecular flexibility index (Phi) is 8.33. The number of amides is 2. The highest BCUT2D eigenvalue weighted by Gasteiger charge is 2.21. The number of anilines is 2. The van der Waals surface area contributed by atoms with Crippen LogP contribution in [-0.2, 0) is 11.2 Å². The first-order valence-electron chi connectivity index (χ1n) is 9.65. The van der Waals surface area contributed by atoms with Crippen LogP contribution in [0.25, 0.3) is 0 Å². The summed E-state index contributed by atoms with van der Waals surface area (Å²) >= 11 is 0. The molecule has 0 aromatic heterocycles. The fraction of sp³-hybridized carbons (Fsp3) is 0.364. The van der Waals surface area contributed by atoms with Crippen molar-refractivity contribution in [2.24, 2.45) is 5.92 Å². The van der Waals surface area contributed by atoms with Crippen LogP contribution in [0, 0.1) is 5.92 Å². The Morgan fingerprint density at radius 3 is 2.43 bits per heavy atom. The average molecular weight is 402 g/mol. The van der Waals surface area contributed by atoms with Gasteiger partial charge in [0.15, 0.2) is 0 Å². The summed E-state index contributed by atoms with van der Waals surface area (Å²) in [6.45, 7) is 0.543. The second kappa shape index (κ2) is 10.7. The van der Waals surface area contributed by atoms with Gasteiger partial charge in [0.25, 0.3) is 5.91 Å². The maximum Gasteiger partial charge on any atom is 0.251 e. The van der Waals surface area contributed by atoms with E-state index in [1.54, 1.807) is 18.2 Å². The molecule has 5 nitrogen and oxygen atoms in total. The topological polar surface area (TPSA) is 84.2 Å². The van der Waals surface area contributed by atoms with Gasteiger partial charge in [-0.05, 0) is 55.2 Å². The quantitative estimate of drug-likeness (QED) is 0.635. The third kappa shape index (κ3) is 6.27. The van der Waals surface area contributed by atoms with E-state index in [-0.39, 0.29) is 30.1 Å². The molecule has 0 radical (unpaired) electrons. The standard InChI is InChI=1S/C22H27N3O2.ClH/c23-19-11-9-16(10-12-19)13-14-24-21(26)18-7-4-8-20(15-18)25-22(27)17-5-2-1-3-6-17;/h4,7-12,15,17H,1-3,5-6,13-14,23H2,(H,24,26)(H,25,27);1H. The Hall–Kier alpha value is -2.53. The van der Waals surface area contributed by atoms with E-state index < -0.39 is 0 Å². The summed E-state index contributed by atoms with van der Waals surface area (Å²) in [7, 11) is 0. The number of carbonyl (C=O) groups is 2. The fourth-order valence-electron chi connectivity index (χ4n) is 3.45. The van der Waals surface area contributed by atoms with Crippen molar-refractivity contribution in [3.63, 3.8) is 0 Å². The molecule has 0 spiro atoms. The monoisotopic (exact) mass is 401 g/mol. The second-order valence-corrected chi connectivity index (χ2v) is 7.15. The van der Waals surface area contributed by atoms with Crippen molar-refractivity contribution >= 4 is 35.6 Å². The molecule has 28 heavy (non-hydrogen) atoms. The van der Waals surface area contributed by atoms with Crippen LogP contribution in [0.1, 0.15) is 48.0 Å². The SMILES string of the molecule is Cl.Nc1ccc(CCNC(=O)c2cccc(NC(=O)C3CCCCC3)c2)cc1. The summed E-state index contributed by atoms with van der Waals surface area (Å²) in [6.07, 6.45) is 6.11. The van der Waals surface area contributed by atoms with Crippen LogP contribution in [-0.4, -0.2) is 18.4 Å². The summed E-state index contributed by atoms with van der Waals surface area (Å²) in [5.74, 6) is 0.0194. The summed E-state index contributed by atoms with van der Waals surface area (Å²) in [4.78, 5) is 24.8. The number of benzene rings is 2. The highest BCUT2D eigenvalue weighted by molar-refractivity contribution is 5.97. The second-order valence-electron chi connectivity index (χ2n) is 7.15. The number of hydrogen-bond acceptors (Lipinski definition) is 3. The molecular formula is C22H28ClN3O2. The number of nitrogen functional groups attached to an aromatic ring is 1. The predicted octanol–water partition coefficient (Wildman–Crippen LogP) is 4.18. The summed E-state index contributed by atoms with van der Waals surface area (Å²) < 4.78 is 0. The smallest absolute Gasteiger partial charge is 0.251 e. The van der Waals surface area contributed by atoms with Crippen LogP contribution in [0.3, 0.4) is 0 Å². The molecule has 2 amide bonds. The highest BCUT2D eigenvalue weighted by Crippen LogP contribution is 2.25. The van der Waals surface area contributed by atoms with Crippen LogP contribution >= 0.6 is 12.4 Å². The van der Waals surface area contributed by atoms with Gasteiger partial charge >= 0.3 is 0 Å². The minimum absolute atomic E-state index is 0. The minimum atomic E-state index is -0.140. The lowest BCUT2D eigenvalue weighted by molar-refractivity contribution is -0.120. The van der Waals surface area contributed by atoms with Crippen LogP contribution in [0.15, 0.2) is 48.5 Å². The Bertz CT molecular complexity index is 787. The third-order valence-electron chi connectivity index (χ3n) is 5.05. The number of carbonyl (C=O) groups excluding carboxylic acids is 2. The summed E-state index contributed by atoms with van der Waals surface area (Å²) in [5, 5.41) is 5.89. The molecule has 3 rings (SSSR count). The van der Waals surface area contributed by atoms with Crippen LogP contribution in [0.5, 0.6) is 0 Å². The molecule has 0 heterocycles. The molecule has 0 saturated heterocycles. The number of nitrogens with two attached hydrogens (primary N) is 1. The lowest BCUT2D eigenvalue weighted by atomic mass is 9.88. The van der Waals surface area contributed by atoms with Crippen molar-refractivity contribution in [3.8, 4) is 0 Å². The Morgan fingerprint density at radius 2 is 1.71 bits per heavy atom. The van der Waals surface area contributed by atoms with Gasteiger partial charge in [-0.15, -0.1) is 12.4 Å². The van der Waals surface area contributed by atoms with Crippen LogP contribution in [0.2, 0.25) is 0 Å². The number of hydrogen-bond donors (Lipinski definition) is 3. The zero-order valence-corrected chi connectivity index (χ0v) is 16.8. The Balaban J connectivity index is 0.00000280. The van der Waals surface area contributed by atoms with Crippen molar-refractivity contribution < 1.29 is 9.59 Å². The number of nitrogens with one attached hydrogen (secondary N) is 2. The van der Waals surface area contributed by atoms with Crippen molar-refractivity contribution in [3.05, 3.63) is 59.7 Å². The Morgan fingerprint density at radius 1 is 1.00 bits per heavy atom. The van der Waals surface area contributed by atoms with Crippen molar-refractivity contribution in [2.45, 2.75) is 38.5 Å². The van der Waals surface area contributed by atoms with E-state index in [4.69, 9.17) is 5.73 Å². The van der Waals surface area contributed by atoms with E-state index in [1.807, 2.05) is 30.3 Å². The fourth-order valence-corrected chi connectivity index (χ4v) is 3.45. The van der Waals surface area contributed by atoms with Gasteiger partial charge in [-0.3, -0.25) is 9.59 Å². The van der Waals surface area contributed by atoms with Crippen molar-refractivity contribution in [1.82, 2.24) is 5.32 Å². The first-order valence-corrected chi connectivity index (χ1v) is 9.65. The molecule has 0 unspecified atom stereocenters. The lowest BCUT2D eigenvalue weighted by Crippen LogP contribution is -2.26. The maximum absolute atomic E-state index is 12.4. The van der Waals surface area contributed by atoms with Crippen LogP contribution in [0.4, 0.5) is 11.4 Å². The summed E-state index contributed by atoms with van der Waals surface area (Å²) in [5.41, 5.74) is 8.76. The van der Waals surface area contributed by atoms with Crippen LogP contribution < -0.4 is 16.4 Å². The normalized spacial score (nSPS) is 14.0. The molecule has 0 aliphatic heterocycles. The summed E-state index contributed by atoms with van der Waals surface area (Å²) in [6, 6.07) is 14.8. The first kappa shape index (κ1) is 21.8. The van der Waals surface area contributed by atoms with E-state index in [1.165, 1.54) is 6.42 Å². The van der Waals surface area contributed by atoms with E-state index >= 15 is 0 Å². The molecule has 1 saturated carbocycles. The van der Waals surface area contributed by atoms with E-state index in [0.29, 0.717) is 17.8 Å². The third-order valence-corrected chi connectivity index (χ3v) is 5.05. The first-order chi connectivity index (χ1) is 13.1. The molecule has 0 atom stereocenters. The molecular weight excluding hydrogens is 374 g/mol. The molecule has 1 aliphatic rings. The van der Waals surface area contributed by atoms with Gasteiger partial charge in [-0.25, -0.2) is 0 Å². The largest absolute Gasteiger partial charge is 0.399 e. The maximum atomic E-state index is 12.4. The number of rotatable bonds is 6. The van der Waals surface area contributed by atoms with E-state index in [0.717, 1.165) is 43.4 Å². The molecule has 2 aromatic carbocycles. The van der Waals surface area contributed by atoms with E-state index in [2.05, 4.69) is 10.6 Å². The molecule has 150 valence electrons. The zero-order chi connectivity index (χ0) is 19.1. The molecule has 2 aromatic rings. The zero-order valence-electron chi connectivity index (χ0n) is 15.9. The van der Waals surface area contributed by atoms with Gasteiger partial charge in [0.2, 0.25) is 5.91 Å². The van der Waals surface area contributed by atoms with Gasteiger partial charge in [0.05, 0.1) is 0 Å². The van der Waals surface area contributed by atoms with Crippen molar-refractivity contribution in [2.75, 3.05) is 17.6 Å². The average Bonchev–Trinajstić information content (AvgIpc) is 2.70. The highest BCUT2D eigenvalue weighted by atomic mass is 35.5. The lowest BCUT2D eigenvalue weighted by Gasteiger charge is -2.20. The predicted molar refractivity (Wildman–Crippen MR) is 116 cm³/mol. The molecule has 1 fully saturated rings. The Labute approximate surface area is 172 Å². The molecule has 4 N–H and O–H groups in total. The van der Waals surface area contributed by atoms with Gasteiger partial charge in [-0.2, -0.15) is 0 Å². The van der Waals surface area contributed by atoms with Gasteiger partial charge in [-0.1, -0.05) is 37.5 Å². The number of halogens is 1. The minimum Gasteiger partial charge on any atom is -0.399 e. The van der Waals surface area contributed by atoms with Crippen molar-refractivity contribution in [1.29, 1.82) is 0 Å². The van der Waals surface area contributed by atoms with Gasteiger partial charge in [0, 0.05) is 29.4 Å². The molecule has 0 bridgehead atoms.